The Morgan fingerprint density at radius 1 is 1.47 bits per heavy atom. The van der Waals surface area contributed by atoms with Gasteiger partial charge in [0.1, 0.15) is 6.10 Å². The van der Waals surface area contributed by atoms with Crippen LogP contribution >= 0.6 is 11.6 Å². The van der Waals surface area contributed by atoms with Gasteiger partial charge in [0, 0.05) is 16.5 Å². The highest BCUT2D eigenvalue weighted by Gasteiger charge is 2.36. The second-order valence-corrected chi connectivity index (χ2v) is 4.13. The predicted octanol–water partition coefficient (Wildman–Crippen LogP) is 3.13. The zero-order valence-electron chi connectivity index (χ0n) is 8.37. The van der Waals surface area contributed by atoms with E-state index in [0.717, 1.165) is 5.56 Å². The first kappa shape index (κ1) is 10.2. The highest BCUT2D eigenvalue weighted by molar-refractivity contribution is 6.30. The van der Waals surface area contributed by atoms with Crippen LogP contribution in [0.2, 0.25) is 5.02 Å². The van der Waals surface area contributed by atoms with Crippen molar-refractivity contribution in [2.45, 2.75) is 13.0 Å². The van der Waals surface area contributed by atoms with Gasteiger partial charge in [-0.2, -0.15) is 0 Å². The van der Waals surface area contributed by atoms with Crippen molar-refractivity contribution < 1.29 is 9.53 Å². The normalized spacial score (nSPS) is 25.5. The molecule has 1 aromatic rings. The summed E-state index contributed by atoms with van der Waals surface area (Å²) in [5, 5.41) is 0.647. The summed E-state index contributed by atoms with van der Waals surface area (Å²) in [6.45, 7) is 5.64. The third-order valence-electron chi connectivity index (χ3n) is 2.68. The molecule has 78 valence electrons. The first-order valence-electron chi connectivity index (χ1n) is 4.75. The second kappa shape index (κ2) is 3.70. The number of esters is 1. The SMILES string of the molecule is C=C1C(=O)O[C@H](c2cccc(Cl)c2)[C@@H]1C. The predicted molar refractivity (Wildman–Crippen MR) is 58.6 cm³/mol. The van der Waals surface area contributed by atoms with Crippen molar-refractivity contribution in [1.82, 2.24) is 0 Å². The van der Waals surface area contributed by atoms with Crippen LogP contribution in [0.1, 0.15) is 18.6 Å². The molecule has 1 fully saturated rings. The highest BCUT2D eigenvalue weighted by atomic mass is 35.5. The van der Waals surface area contributed by atoms with Crippen LogP contribution in [0.4, 0.5) is 0 Å². The molecular weight excluding hydrogens is 212 g/mol. The van der Waals surface area contributed by atoms with Crippen molar-refractivity contribution in [2.24, 2.45) is 5.92 Å². The van der Waals surface area contributed by atoms with Gasteiger partial charge in [0.05, 0.1) is 0 Å². The van der Waals surface area contributed by atoms with Gasteiger partial charge in [0.2, 0.25) is 0 Å². The van der Waals surface area contributed by atoms with E-state index in [0.29, 0.717) is 10.6 Å². The minimum atomic E-state index is -0.313. The molecular formula is C12H11ClO2. The molecule has 0 aliphatic carbocycles. The average molecular weight is 223 g/mol. The van der Waals surface area contributed by atoms with Crippen LogP contribution in [0, 0.1) is 5.92 Å². The van der Waals surface area contributed by atoms with E-state index in [4.69, 9.17) is 16.3 Å². The summed E-state index contributed by atoms with van der Waals surface area (Å²) in [6, 6.07) is 7.36. The minimum Gasteiger partial charge on any atom is -0.453 e. The molecule has 0 saturated carbocycles. The number of carbonyl (C=O) groups is 1. The maximum absolute atomic E-state index is 11.3. The Balaban J connectivity index is 2.33. The molecule has 0 amide bonds. The number of hydrogen-bond donors (Lipinski definition) is 0. The lowest BCUT2D eigenvalue weighted by Gasteiger charge is -2.13. The quantitative estimate of drug-likeness (QED) is 0.539. The number of ether oxygens (including phenoxy) is 1. The molecule has 15 heavy (non-hydrogen) atoms. The van der Waals surface area contributed by atoms with Crippen molar-refractivity contribution in [1.29, 1.82) is 0 Å². The van der Waals surface area contributed by atoms with E-state index in [2.05, 4.69) is 6.58 Å². The summed E-state index contributed by atoms with van der Waals surface area (Å²) < 4.78 is 5.23. The zero-order chi connectivity index (χ0) is 11.0. The topological polar surface area (TPSA) is 26.3 Å². The van der Waals surface area contributed by atoms with Crippen molar-refractivity contribution in [3.8, 4) is 0 Å². The largest absolute Gasteiger partial charge is 0.453 e. The maximum atomic E-state index is 11.3. The highest BCUT2D eigenvalue weighted by Crippen LogP contribution is 2.38. The van der Waals surface area contributed by atoms with Crippen LogP contribution in [0.25, 0.3) is 0 Å². The monoisotopic (exact) mass is 222 g/mol. The van der Waals surface area contributed by atoms with Crippen molar-refractivity contribution in [3.05, 3.63) is 47.0 Å². The molecule has 0 spiro atoms. The van der Waals surface area contributed by atoms with E-state index in [1.54, 1.807) is 6.07 Å². The second-order valence-electron chi connectivity index (χ2n) is 3.69. The van der Waals surface area contributed by atoms with Crippen LogP contribution in [-0.4, -0.2) is 5.97 Å². The maximum Gasteiger partial charge on any atom is 0.334 e. The third kappa shape index (κ3) is 1.77. The molecule has 2 rings (SSSR count). The Bertz CT molecular complexity index is 425. The average Bonchev–Trinajstić information content (AvgIpc) is 2.46. The molecule has 1 aromatic carbocycles. The van der Waals surface area contributed by atoms with Gasteiger partial charge in [-0.05, 0) is 17.7 Å². The molecule has 1 aliphatic rings. The summed E-state index contributed by atoms with van der Waals surface area (Å²) in [5.41, 5.74) is 1.45. The molecule has 1 saturated heterocycles. The van der Waals surface area contributed by atoms with Gasteiger partial charge in [-0.25, -0.2) is 4.79 Å². The van der Waals surface area contributed by atoms with Gasteiger partial charge in [0.25, 0.3) is 0 Å². The van der Waals surface area contributed by atoms with Gasteiger partial charge in [-0.3, -0.25) is 0 Å². The van der Waals surface area contributed by atoms with Gasteiger partial charge < -0.3 is 4.74 Å². The number of halogens is 1. The number of carbonyl (C=O) groups excluding carboxylic acids is 1. The third-order valence-corrected chi connectivity index (χ3v) is 2.91. The lowest BCUT2D eigenvalue weighted by Crippen LogP contribution is -2.04. The van der Waals surface area contributed by atoms with Gasteiger partial charge in [-0.15, -0.1) is 0 Å². The van der Waals surface area contributed by atoms with Gasteiger partial charge in [0.15, 0.2) is 0 Å². The van der Waals surface area contributed by atoms with Gasteiger partial charge >= 0.3 is 5.97 Å². The molecule has 1 heterocycles. The standard InChI is InChI=1S/C12H11ClO2/c1-7-8(2)12(14)15-11(7)9-4-3-5-10(13)6-9/h3-7,11H,2H2,1H3/t7-,11+/m1/s1. The molecule has 0 bridgehead atoms. The van der Waals surface area contributed by atoms with Crippen LogP contribution < -0.4 is 0 Å². The summed E-state index contributed by atoms with van der Waals surface area (Å²) in [7, 11) is 0. The molecule has 0 aromatic heterocycles. The van der Waals surface area contributed by atoms with E-state index < -0.39 is 0 Å². The Kier molecular flexibility index (Phi) is 2.53. The minimum absolute atomic E-state index is 0.0102. The Morgan fingerprint density at radius 2 is 2.20 bits per heavy atom. The summed E-state index contributed by atoms with van der Waals surface area (Å²) in [4.78, 5) is 11.3. The van der Waals surface area contributed by atoms with E-state index in [1.807, 2.05) is 25.1 Å². The van der Waals surface area contributed by atoms with Gasteiger partial charge in [-0.1, -0.05) is 37.2 Å². The Morgan fingerprint density at radius 3 is 2.73 bits per heavy atom. The molecule has 0 radical (unpaired) electrons. The summed E-state index contributed by atoms with van der Waals surface area (Å²) in [6.07, 6.45) is -0.247. The van der Waals surface area contributed by atoms with Crippen molar-refractivity contribution in [3.63, 3.8) is 0 Å². The fourth-order valence-corrected chi connectivity index (χ4v) is 1.90. The van der Waals surface area contributed by atoms with E-state index in [1.165, 1.54) is 0 Å². The molecule has 2 nitrogen and oxygen atoms in total. The van der Waals surface area contributed by atoms with Crippen molar-refractivity contribution >= 4 is 17.6 Å². The fraction of sp³-hybridized carbons (Fsp3) is 0.250. The molecule has 1 aliphatic heterocycles. The number of hydrogen-bond acceptors (Lipinski definition) is 2. The smallest absolute Gasteiger partial charge is 0.334 e. The Labute approximate surface area is 93.5 Å². The summed E-state index contributed by atoms with van der Waals surface area (Å²) >= 11 is 5.88. The number of benzene rings is 1. The number of cyclic esters (lactones) is 1. The Hall–Kier alpha value is -1.28. The van der Waals surface area contributed by atoms with Crippen molar-refractivity contribution in [2.75, 3.05) is 0 Å². The number of rotatable bonds is 1. The molecule has 2 atom stereocenters. The summed E-state index contributed by atoms with van der Waals surface area (Å²) in [5.74, 6) is -0.302. The first-order valence-corrected chi connectivity index (χ1v) is 5.12. The zero-order valence-corrected chi connectivity index (χ0v) is 9.12. The molecule has 0 unspecified atom stereocenters. The van der Waals surface area contributed by atoms with Crippen LogP contribution in [0.3, 0.4) is 0 Å². The lowest BCUT2D eigenvalue weighted by atomic mass is 9.94. The first-order chi connectivity index (χ1) is 7.09. The molecule has 3 heteroatoms. The van der Waals surface area contributed by atoms with Crippen LogP contribution in [0.15, 0.2) is 36.4 Å². The van der Waals surface area contributed by atoms with E-state index in [9.17, 15) is 4.79 Å². The molecule has 0 N–H and O–H groups in total. The lowest BCUT2D eigenvalue weighted by molar-refractivity contribution is -0.139. The van der Waals surface area contributed by atoms with E-state index >= 15 is 0 Å². The fourth-order valence-electron chi connectivity index (χ4n) is 1.70. The van der Waals surface area contributed by atoms with Crippen LogP contribution in [-0.2, 0) is 9.53 Å². The van der Waals surface area contributed by atoms with E-state index in [-0.39, 0.29) is 18.0 Å². The van der Waals surface area contributed by atoms with Crippen LogP contribution in [0.5, 0.6) is 0 Å².